The van der Waals surface area contributed by atoms with Gasteiger partial charge >= 0.3 is 0 Å². The van der Waals surface area contributed by atoms with Crippen molar-refractivity contribution in [3.8, 4) is 0 Å². The molecule has 0 aliphatic carbocycles. The van der Waals surface area contributed by atoms with Crippen molar-refractivity contribution in [2.75, 3.05) is 7.05 Å². The van der Waals surface area contributed by atoms with Crippen LogP contribution >= 0.6 is 22.0 Å². The van der Waals surface area contributed by atoms with Crippen LogP contribution in [-0.4, -0.2) is 44.2 Å². The Labute approximate surface area is 166 Å². The summed E-state index contributed by atoms with van der Waals surface area (Å²) in [5.41, 5.74) is 1.27. The second kappa shape index (κ2) is 7.82. The zero-order valence-electron chi connectivity index (χ0n) is 14.2. The Bertz CT molecular complexity index is 876. The van der Waals surface area contributed by atoms with Gasteiger partial charge in [0.2, 0.25) is 0 Å². The van der Waals surface area contributed by atoms with Crippen LogP contribution in [0.1, 0.15) is 41.4 Å². The first kappa shape index (κ1) is 19.6. The Morgan fingerprint density at radius 3 is 1.11 bits per heavy atom. The highest BCUT2D eigenvalue weighted by atomic mass is 33.1. The van der Waals surface area contributed by atoms with Gasteiger partial charge in [-0.1, -0.05) is 24.3 Å². The highest BCUT2D eigenvalue weighted by Gasteiger charge is 2.40. The van der Waals surface area contributed by atoms with E-state index >= 15 is 0 Å². The summed E-state index contributed by atoms with van der Waals surface area (Å²) in [5, 5.41) is 8.81. The second-order valence-corrected chi connectivity index (χ2v) is 7.41. The number of hydrogen-bond acceptors (Lipinski definition) is 8. The molecule has 0 atom stereocenters. The van der Waals surface area contributed by atoms with E-state index < -0.39 is 28.6 Å². The van der Waals surface area contributed by atoms with Crippen molar-refractivity contribution in [2.45, 2.75) is 0 Å². The number of hydrogen-bond donors (Lipinski definition) is 0. The highest BCUT2D eigenvalue weighted by Crippen LogP contribution is 2.40. The molecule has 0 saturated carbocycles. The van der Waals surface area contributed by atoms with Gasteiger partial charge in [-0.05, 0) is 24.3 Å². The summed E-state index contributed by atoms with van der Waals surface area (Å²) in [6.07, 6.45) is 0. The summed E-state index contributed by atoms with van der Waals surface area (Å²) < 4.78 is 1.91. The largest absolute Gasteiger partial charge is 0.272 e. The van der Waals surface area contributed by atoms with E-state index in [0.717, 1.165) is 37.6 Å². The summed E-state index contributed by atoms with van der Waals surface area (Å²) in [4.78, 5) is 57.4. The van der Waals surface area contributed by atoms with E-state index in [0.29, 0.717) is 22.3 Å². The van der Waals surface area contributed by atoms with Crippen molar-refractivity contribution in [1.82, 2.24) is 8.61 Å². The van der Waals surface area contributed by atoms with E-state index in [1.807, 2.05) is 0 Å². The SMILES string of the molecule is C[N+](=O)[O-].O=C1c2ccccc2C(=O)N1SSN1C(=O)c2ccccc2C1=O. The number of carbonyl (C=O) groups excluding carboxylic acids is 4. The zero-order chi connectivity index (χ0) is 20.4. The summed E-state index contributed by atoms with van der Waals surface area (Å²) in [7, 11) is 2.42. The molecular weight excluding hydrogens is 406 g/mol. The molecule has 0 radical (unpaired) electrons. The number of benzene rings is 2. The van der Waals surface area contributed by atoms with Gasteiger partial charge in [-0.2, -0.15) is 0 Å². The first-order valence-corrected chi connectivity index (χ1v) is 9.77. The molecule has 11 heteroatoms. The van der Waals surface area contributed by atoms with E-state index in [1.54, 1.807) is 48.5 Å². The number of amides is 4. The average Bonchev–Trinajstić information content (AvgIpc) is 3.06. The van der Waals surface area contributed by atoms with E-state index in [2.05, 4.69) is 0 Å². The average molecular weight is 417 g/mol. The van der Waals surface area contributed by atoms with Gasteiger partial charge < -0.3 is 0 Å². The van der Waals surface area contributed by atoms with E-state index in [9.17, 15) is 19.2 Å². The third kappa shape index (κ3) is 3.49. The van der Waals surface area contributed by atoms with Crippen molar-refractivity contribution in [3.63, 3.8) is 0 Å². The third-order valence-corrected chi connectivity index (χ3v) is 5.82. The molecule has 9 nitrogen and oxygen atoms in total. The van der Waals surface area contributed by atoms with Gasteiger partial charge in [0.1, 0.15) is 0 Å². The molecule has 2 aromatic rings. The molecule has 2 heterocycles. The predicted molar refractivity (Wildman–Crippen MR) is 102 cm³/mol. The van der Waals surface area contributed by atoms with E-state index in [1.165, 1.54) is 0 Å². The van der Waals surface area contributed by atoms with Crippen molar-refractivity contribution in [3.05, 3.63) is 80.9 Å². The van der Waals surface area contributed by atoms with Crippen LogP contribution in [0.2, 0.25) is 0 Å². The molecule has 4 amide bonds. The maximum absolute atomic E-state index is 12.3. The van der Waals surface area contributed by atoms with Crippen molar-refractivity contribution < 1.29 is 24.1 Å². The predicted octanol–water partition coefficient (Wildman–Crippen LogP) is 2.68. The van der Waals surface area contributed by atoms with Crippen LogP contribution in [0.25, 0.3) is 0 Å². The number of fused-ring (bicyclic) bond motifs is 2. The summed E-state index contributed by atoms with van der Waals surface area (Å²) >= 11 is 0. The summed E-state index contributed by atoms with van der Waals surface area (Å²) in [6, 6.07) is 13.0. The topological polar surface area (TPSA) is 118 Å². The Morgan fingerprint density at radius 1 is 0.679 bits per heavy atom. The molecule has 0 spiro atoms. The second-order valence-electron chi connectivity index (χ2n) is 5.49. The Morgan fingerprint density at radius 2 is 0.893 bits per heavy atom. The Kier molecular flexibility index (Phi) is 5.47. The van der Waals surface area contributed by atoms with Gasteiger partial charge in [0.25, 0.3) is 23.6 Å². The summed E-state index contributed by atoms with van der Waals surface area (Å²) in [5.74, 6) is -1.82. The lowest BCUT2D eigenvalue weighted by molar-refractivity contribution is -0.445. The van der Waals surface area contributed by atoms with Gasteiger partial charge in [-0.3, -0.25) is 29.3 Å². The lowest BCUT2D eigenvalue weighted by Crippen LogP contribution is -2.25. The van der Waals surface area contributed by atoms with Crippen LogP contribution in [-0.2, 0) is 0 Å². The maximum Gasteiger partial charge on any atom is 0.272 e. The van der Waals surface area contributed by atoms with Crippen LogP contribution < -0.4 is 0 Å². The number of carbonyl (C=O) groups is 4. The molecule has 2 aromatic carbocycles. The lowest BCUT2D eigenvalue weighted by Gasteiger charge is -2.15. The molecule has 4 rings (SSSR count). The molecule has 0 fully saturated rings. The molecule has 142 valence electrons. The first-order valence-electron chi connectivity index (χ1n) is 7.71. The minimum Gasteiger partial charge on any atom is -0.268 e. The fourth-order valence-corrected chi connectivity index (χ4v) is 4.55. The van der Waals surface area contributed by atoms with Crippen molar-refractivity contribution >= 4 is 45.6 Å². The maximum atomic E-state index is 12.3. The number of rotatable bonds is 3. The van der Waals surface area contributed by atoms with Gasteiger partial charge in [0.05, 0.1) is 44.2 Å². The smallest absolute Gasteiger partial charge is 0.268 e. The van der Waals surface area contributed by atoms with Crippen molar-refractivity contribution in [1.29, 1.82) is 0 Å². The number of nitrogens with zero attached hydrogens (tertiary/aromatic N) is 3. The molecule has 0 aromatic heterocycles. The number of imide groups is 2. The highest BCUT2D eigenvalue weighted by molar-refractivity contribution is 8.75. The van der Waals surface area contributed by atoms with Gasteiger partial charge in [-0.25, -0.2) is 8.61 Å². The van der Waals surface area contributed by atoms with Crippen LogP contribution in [0.4, 0.5) is 0 Å². The monoisotopic (exact) mass is 417 g/mol. The molecule has 0 bridgehead atoms. The summed E-state index contributed by atoms with van der Waals surface area (Å²) in [6.45, 7) is 0. The fraction of sp³-hybridized carbons (Fsp3) is 0.0588. The molecule has 0 saturated heterocycles. The number of nitro groups is 1. The lowest BCUT2D eigenvalue weighted by atomic mass is 10.1. The Balaban J connectivity index is 0.000000516. The van der Waals surface area contributed by atoms with Crippen molar-refractivity contribution in [2.24, 2.45) is 0 Å². The van der Waals surface area contributed by atoms with Crippen LogP contribution in [0.5, 0.6) is 0 Å². The van der Waals surface area contributed by atoms with Gasteiger partial charge in [-0.15, -0.1) is 0 Å². The molecule has 0 unspecified atom stereocenters. The third-order valence-electron chi connectivity index (χ3n) is 3.70. The first-order chi connectivity index (χ1) is 13.3. The Hall–Kier alpha value is -3.18. The van der Waals surface area contributed by atoms with Gasteiger partial charge in [0, 0.05) is 4.92 Å². The molecular formula is C17H11N3O6S2. The van der Waals surface area contributed by atoms with E-state index in [-0.39, 0.29) is 0 Å². The molecule has 2 aliphatic rings. The van der Waals surface area contributed by atoms with Gasteiger partial charge in [0.15, 0.2) is 7.05 Å². The standard InChI is InChI=1S/C16H8N2O4S2.CH3NO2/c19-13-9-5-1-2-6-10(9)14(20)17(13)23-24-18-15(21)11-7-3-4-8-12(11)16(18)22;1-2(3)4/h1-8H;1H3. The minimum atomic E-state index is -0.500. The van der Waals surface area contributed by atoms with Crippen LogP contribution in [0.15, 0.2) is 48.5 Å². The van der Waals surface area contributed by atoms with E-state index in [4.69, 9.17) is 10.1 Å². The zero-order valence-corrected chi connectivity index (χ0v) is 15.9. The molecule has 2 aliphatic heterocycles. The fourth-order valence-electron chi connectivity index (χ4n) is 2.54. The minimum absolute atomic E-state index is 0.318. The molecule has 0 N–H and O–H groups in total. The van der Waals surface area contributed by atoms with Crippen LogP contribution in [0.3, 0.4) is 0 Å². The normalized spacial score (nSPS) is 14.6. The quantitative estimate of drug-likeness (QED) is 0.246. The molecule has 28 heavy (non-hydrogen) atoms. The van der Waals surface area contributed by atoms with Crippen LogP contribution in [0, 0.1) is 10.1 Å².